The lowest BCUT2D eigenvalue weighted by molar-refractivity contribution is -0.121. The van der Waals surface area contributed by atoms with Crippen LogP contribution in [0.2, 0.25) is 0 Å². The topological polar surface area (TPSA) is 61.4 Å². The van der Waals surface area contributed by atoms with E-state index in [2.05, 4.69) is 10.6 Å². The first kappa shape index (κ1) is 17.0. The van der Waals surface area contributed by atoms with Gasteiger partial charge in [-0.1, -0.05) is 19.8 Å². The summed E-state index contributed by atoms with van der Waals surface area (Å²) >= 11 is 0. The van der Waals surface area contributed by atoms with Crippen molar-refractivity contribution >= 4 is 17.5 Å². The SMILES string of the molecule is CC(C(=O)Nc1ccc(C(=O)N2CCCCCC2)cc1)C1CNC1. The van der Waals surface area contributed by atoms with Crippen molar-refractivity contribution in [3.63, 3.8) is 0 Å². The molecular weight excluding hydrogens is 302 g/mol. The van der Waals surface area contributed by atoms with E-state index in [4.69, 9.17) is 0 Å². The van der Waals surface area contributed by atoms with Gasteiger partial charge < -0.3 is 15.5 Å². The Balaban J connectivity index is 1.58. The highest BCUT2D eigenvalue weighted by atomic mass is 16.2. The Kier molecular flexibility index (Phi) is 5.51. The summed E-state index contributed by atoms with van der Waals surface area (Å²) in [6.45, 7) is 5.50. The predicted molar refractivity (Wildman–Crippen MR) is 95.0 cm³/mol. The molecule has 2 N–H and O–H groups in total. The third-order valence-corrected chi connectivity index (χ3v) is 5.23. The number of amides is 2. The second-order valence-corrected chi connectivity index (χ2v) is 6.98. The molecule has 1 unspecified atom stereocenters. The molecule has 1 aromatic rings. The van der Waals surface area contributed by atoms with Crippen LogP contribution in [0.4, 0.5) is 5.69 Å². The van der Waals surface area contributed by atoms with Crippen LogP contribution in [0.15, 0.2) is 24.3 Å². The minimum atomic E-state index is 0.00431. The van der Waals surface area contributed by atoms with E-state index in [-0.39, 0.29) is 17.7 Å². The third-order valence-electron chi connectivity index (χ3n) is 5.23. The summed E-state index contributed by atoms with van der Waals surface area (Å²) in [5.74, 6) is 0.579. The van der Waals surface area contributed by atoms with Crippen LogP contribution in [0.5, 0.6) is 0 Å². The van der Waals surface area contributed by atoms with Gasteiger partial charge in [-0.15, -0.1) is 0 Å². The Bertz CT molecular complexity index is 573. The highest BCUT2D eigenvalue weighted by Crippen LogP contribution is 2.19. The van der Waals surface area contributed by atoms with Gasteiger partial charge in [-0.05, 0) is 56.1 Å². The van der Waals surface area contributed by atoms with Gasteiger partial charge in [0.25, 0.3) is 5.91 Å². The number of rotatable bonds is 4. The average Bonchev–Trinajstić information content (AvgIpc) is 2.82. The summed E-state index contributed by atoms with van der Waals surface area (Å²) in [5.41, 5.74) is 1.46. The number of nitrogens with zero attached hydrogens (tertiary/aromatic N) is 1. The Hall–Kier alpha value is -1.88. The molecule has 2 aliphatic heterocycles. The smallest absolute Gasteiger partial charge is 0.253 e. The predicted octanol–water partition coefficient (Wildman–Crippen LogP) is 2.50. The van der Waals surface area contributed by atoms with Crippen molar-refractivity contribution in [2.24, 2.45) is 11.8 Å². The number of hydrogen-bond acceptors (Lipinski definition) is 3. The molecule has 2 aliphatic rings. The normalized spacial score (nSPS) is 20.0. The van der Waals surface area contributed by atoms with E-state index in [1.165, 1.54) is 12.8 Å². The van der Waals surface area contributed by atoms with Gasteiger partial charge in [0.2, 0.25) is 5.91 Å². The second kappa shape index (κ2) is 7.79. The molecule has 2 heterocycles. The lowest BCUT2D eigenvalue weighted by Gasteiger charge is -2.31. The molecule has 130 valence electrons. The molecule has 0 bridgehead atoms. The Morgan fingerprint density at radius 1 is 1.08 bits per heavy atom. The van der Waals surface area contributed by atoms with E-state index in [1.54, 1.807) is 0 Å². The maximum atomic E-state index is 12.6. The number of anilines is 1. The van der Waals surface area contributed by atoms with Gasteiger partial charge in [0.1, 0.15) is 0 Å². The zero-order valence-electron chi connectivity index (χ0n) is 14.4. The lowest BCUT2D eigenvalue weighted by Crippen LogP contribution is -2.48. The maximum Gasteiger partial charge on any atom is 0.253 e. The van der Waals surface area contributed by atoms with E-state index in [0.29, 0.717) is 11.5 Å². The van der Waals surface area contributed by atoms with E-state index >= 15 is 0 Å². The first-order valence-corrected chi connectivity index (χ1v) is 9.06. The molecule has 0 spiro atoms. The van der Waals surface area contributed by atoms with Crippen LogP contribution >= 0.6 is 0 Å². The van der Waals surface area contributed by atoms with Crippen molar-refractivity contribution in [3.05, 3.63) is 29.8 Å². The number of benzene rings is 1. The summed E-state index contributed by atoms with van der Waals surface area (Å²) in [6, 6.07) is 7.29. The van der Waals surface area contributed by atoms with Gasteiger partial charge in [0, 0.05) is 30.3 Å². The van der Waals surface area contributed by atoms with Crippen LogP contribution in [-0.4, -0.2) is 42.9 Å². The second-order valence-electron chi connectivity index (χ2n) is 6.98. The molecule has 2 fully saturated rings. The fraction of sp³-hybridized carbons (Fsp3) is 0.579. The van der Waals surface area contributed by atoms with Crippen LogP contribution < -0.4 is 10.6 Å². The third kappa shape index (κ3) is 3.96. The number of hydrogen-bond donors (Lipinski definition) is 2. The van der Waals surface area contributed by atoms with E-state index in [1.807, 2.05) is 36.1 Å². The van der Waals surface area contributed by atoms with Gasteiger partial charge in [-0.3, -0.25) is 9.59 Å². The Morgan fingerprint density at radius 2 is 1.71 bits per heavy atom. The minimum Gasteiger partial charge on any atom is -0.339 e. The van der Waals surface area contributed by atoms with Crippen LogP contribution in [0, 0.1) is 11.8 Å². The van der Waals surface area contributed by atoms with Crippen molar-refractivity contribution in [1.82, 2.24) is 10.2 Å². The van der Waals surface area contributed by atoms with Gasteiger partial charge >= 0.3 is 0 Å². The molecule has 2 saturated heterocycles. The molecule has 0 aromatic heterocycles. The van der Waals surface area contributed by atoms with Crippen LogP contribution in [0.3, 0.4) is 0 Å². The Morgan fingerprint density at radius 3 is 2.25 bits per heavy atom. The molecule has 0 radical (unpaired) electrons. The van der Waals surface area contributed by atoms with Crippen molar-refractivity contribution < 1.29 is 9.59 Å². The number of carbonyl (C=O) groups excluding carboxylic acids is 2. The number of likely N-dealkylation sites (tertiary alicyclic amines) is 1. The largest absolute Gasteiger partial charge is 0.339 e. The summed E-state index contributed by atoms with van der Waals surface area (Å²) in [6.07, 6.45) is 4.61. The van der Waals surface area contributed by atoms with E-state index < -0.39 is 0 Å². The van der Waals surface area contributed by atoms with Crippen molar-refractivity contribution in [3.8, 4) is 0 Å². The van der Waals surface area contributed by atoms with Gasteiger partial charge in [-0.25, -0.2) is 0 Å². The highest BCUT2D eigenvalue weighted by Gasteiger charge is 2.28. The van der Waals surface area contributed by atoms with Crippen molar-refractivity contribution in [2.45, 2.75) is 32.6 Å². The summed E-state index contributed by atoms with van der Waals surface area (Å²) < 4.78 is 0. The standard InChI is InChI=1S/C19H27N3O2/c1-14(16-12-20-13-16)18(23)21-17-8-6-15(7-9-17)19(24)22-10-4-2-3-5-11-22/h6-9,14,16,20H,2-5,10-13H2,1H3,(H,21,23). The van der Waals surface area contributed by atoms with Gasteiger partial charge in [-0.2, -0.15) is 0 Å². The fourth-order valence-electron chi connectivity index (χ4n) is 3.29. The van der Waals surface area contributed by atoms with Gasteiger partial charge in [0.15, 0.2) is 0 Å². The molecule has 5 heteroatoms. The zero-order chi connectivity index (χ0) is 16.9. The first-order valence-electron chi connectivity index (χ1n) is 9.06. The van der Waals surface area contributed by atoms with E-state index in [0.717, 1.165) is 44.7 Å². The Labute approximate surface area is 143 Å². The molecule has 3 rings (SSSR count). The highest BCUT2D eigenvalue weighted by molar-refractivity contribution is 5.96. The maximum absolute atomic E-state index is 12.6. The molecular formula is C19H27N3O2. The molecule has 0 aliphatic carbocycles. The van der Waals surface area contributed by atoms with Crippen LogP contribution in [0.25, 0.3) is 0 Å². The lowest BCUT2D eigenvalue weighted by atomic mass is 9.88. The summed E-state index contributed by atoms with van der Waals surface area (Å²) in [7, 11) is 0. The number of nitrogens with one attached hydrogen (secondary N) is 2. The van der Waals surface area contributed by atoms with Crippen molar-refractivity contribution in [1.29, 1.82) is 0 Å². The quantitative estimate of drug-likeness (QED) is 0.892. The zero-order valence-corrected chi connectivity index (χ0v) is 14.4. The first-order chi connectivity index (χ1) is 11.6. The summed E-state index contributed by atoms with van der Waals surface area (Å²) in [4.78, 5) is 26.7. The minimum absolute atomic E-state index is 0.00431. The molecule has 2 amide bonds. The van der Waals surface area contributed by atoms with Crippen LogP contribution in [-0.2, 0) is 4.79 Å². The number of carbonyl (C=O) groups is 2. The molecule has 24 heavy (non-hydrogen) atoms. The molecule has 1 atom stereocenters. The molecule has 0 saturated carbocycles. The van der Waals surface area contributed by atoms with E-state index in [9.17, 15) is 9.59 Å². The monoisotopic (exact) mass is 329 g/mol. The van der Waals surface area contributed by atoms with Gasteiger partial charge in [0.05, 0.1) is 0 Å². The van der Waals surface area contributed by atoms with Crippen LogP contribution in [0.1, 0.15) is 43.0 Å². The van der Waals surface area contributed by atoms with Crippen molar-refractivity contribution in [2.75, 3.05) is 31.5 Å². The fourth-order valence-corrected chi connectivity index (χ4v) is 3.29. The average molecular weight is 329 g/mol. The molecule has 1 aromatic carbocycles. The molecule has 5 nitrogen and oxygen atoms in total. The summed E-state index contributed by atoms with van der Waals surface area (Å²) in [5, 5.41) is 6.15.